The van der Waals surface area contributed by atoms with E-state index in [2.05, 4.69) is 0 Å². The largest absolute Gasteiger partial charge is 0.395 e. The van der Waals surface area contributed by atoms with Crippen molar-refractivity contribution >= 4 is 11.8 Å². The number of allylic oxidation sites excluding steroid dienone is 1. The number of hydrogen-bond acceptors (Lipinski definition) is 5. The molecule has 1 aromatic rings. The molecule has 1 aromatic carbocycles. The van der Waals surface area contributed by atoms with Crippen LogP contribution in [0.15, 0.2) is 23.8 Å². The molecule has 2 N–H and O–H groups in total. The van der Waals surface area contributed by atoms with Gasteiger partial charge in [0.05, 0.1) is 13.2 Å². The molecule has 0 radical (unpaired) electrons. The van der Waals surface area contributed by atoms with Crippen LogP contribution in [0.3, 0.4) is 0 Å². The molecule has 0 aliphatic heterocycles. The van der Waals surface area contributed by atoms with Crippen molar-refractivity contribution in [3.05, 3.63) is 34.9 Å². The van der Waals surface area contributed by atoms with Gasteiger partial charge in [0.1, 0.15) is 17.7 Å². The van der Waals surface area contributed by atoms with Crippen LogP contribution in [0.1, 0.15) is 11.1 Å². The minimum Gasteiger partial charge on any atom is -0.395 e. The van der Waals surface area contributed by atoms with Gasteiger partial charge in [-0.3, -0.25) is 0 Å². The molecule has 1 rings (SSSR count). The Morgan fingerprint density at radius 3 is 2.25 bits per heavy atom. The molecule has 0 aromatic heterocycles. The van der Waals surface area contributed by atoms with Crippen LogP contribution < -0.4 is 4.90 Å². The molecule has 0 aliphatic carbocycles. The normalized spacial score (nSPS) is 9.45. The summed E-state index contributed by atoms with van der Waals surface area (Å²) >= 11 is 0. The fourth-order valence-electron chi connectivity index (χ4n) is 1.87. The number of rotatable bonds is 6. The molecule has 5 heteroatoms. The van der Waals surface area contributed by atoms with Crippen molar-refractivity contribution in [3.8, 4) is 12.1 Å². The lowest BCUT2D eigenvalue weighted by Crippen LogP contribution is -2.29. The molecule has 0 atom stereocenters. The molecule has 0 amide bonds. The average Bonchev–Trinajstić information content (AvgIpc) is 2.46. The van der Waals surface area contributed by atoms with Crippen molar-refractivity contribution in [2.75, 3.05) is 31.2 Å². The highest BCUT2D eigenvalue weighted by Gasteiger charge is 2.07. The number of hydrogen-bond donors (Lipinski definition) is 2. The summed E-state index contributed by atoms with van der Waals surface area (Å²) in [5, 5.41) is 35.6. The molecule has 0 spiro atoms. The summed E-state index contributed by atoms with van der Waals surface area (Å²) in [5.74, 6) is 0. The fraction of sp³-hybridized carbons (Fsp3) is 0.333. The van der Waals surface area contributed by atoms with Gasteiger partial charge < -0.3 is 15.1 Å². The third kappa shape index (κ3) is 4.10. The number of anilines is 1. The quantitative estimate of drug-likeness (QED) is 0.759. The lowest BCUT2D eigenvalue weighted by molar-refractivity contribution is 0.281. The maximum Gasteiger partial charge on any atom is 0.130 e. The molecule has 0 saturated heterocycles. The van der Waals surface area contributed by atoms with Gasteiger partial charge in [0.25, 0.3) is 0 Å². The molecule has 0 saturated carbocycles. The van der Waals surface area contributed by atoms with E-state index >= 15 is 0 Å². The Hall–Kier alpha value is -2.34. The minimum atomic E-state index is 0.00765. The van der Waals surface area contributed by atoms with Gasteiger partial charge in [-0.1, -0.05) is 6.07 Å². The number of nitriles is 2. The van der Waals surface area contributed by atoms with E-state index in [9.17, 15) is 0 Å². The first-order valence-corrected chi connectivity index (χ1v) is 6.25. The van der Waals surface area contributed by atoms with Crippen LogP contribution >= 0.6 is 0 Å². The number of benzene rings is 1. The predicted octanol–water partition coefficient (Wildman–Crippen LogP) is 1.22. The first kappa shape index (κ1) is 15.7. The Labute approximate surface area is 118 Å². The van der Waals surface area contributed by atoms with Crippen molar-refractivity contribution < 1.29 is 10.2 Å². The Kier molecular flexibility index (Phi) is 6.25. The molecule has 20 heavy (non-hydrogen) atoms. The summed E-state index contributed by atoms with van der Waals surface area (Å²) in [5.41, 5.74) is 2.67. The van der Waals surface area contributed by atoms with Crippen LogP contribution in [-0.2, 0) is 0 Å². The van der Waals surface area contributed by atoms with Gasteiger partial charge in [-0.25, -0.2) is 0 Å². The molecule has 0 fully saturated rings. The van der Waals surface area contributed by atoms with E-state index in [1.54, 1.807) is 6.08 Å². The first-order chi connectivity index (χ1) is 9.65. The van der Waals surface area contributed by atoms with E-state index < -0.39 is 0 Å². The van der Waals surface area contributed by atoms with E-state index in [0.29, 0.717) is 13.1 Å². The third-order valence-electron chi connectivity index (χ3n) is 2.90. The van der Waals surface area contributed by atoms with E-state index in [0.717, 1.165) is 16.8 Å². The number of nitrogens with zero attached hydrogens (tertiary/aromatic N) is 3. The van der Waals surface area contributed by atoms with Crippen molar-refractivity contribution in [1.82, 2.24) is 0 Å². The molecule has 0 bridgehead atoms. The van der Waals surface area contributed by atoms with Crippen LogP contribution in [0, 0.1) is 29.6 Å². The van der Waals surface area contributed by atoms with Gasteiger partial charge in [0.15, 0.2) is 0 Å². The van der Waals surface area contributed by atoms with Gasteiger partial charge in [-0.2, -0.15) is 10.5 Å². The van der Waals surface area contributed by atoms with Crippen molar-refractivity contribution in [1.29, 1.82) is 10.5 Å². The van der Waals surface area contributed by atoms with E-state index in [-0.39, 0.29) is 18.8 Å². The van der Waals surface area contributed by atoms with Crippen LogP contribution in [0.25, 0.3) is 6.08 Å². The van der Waals surface area contributed by atoms with Gasteiger partial charge in [-0.05, 0) is 36.3 Å². The maximum absolute atomic E-state index is 9.03. The van der Waals surface area contributed by atoms with Crippen LogP contribution in [-0.4, -0.2) is 36.5 Å². The number of aliphatic hydroxyl groups is 2. The summed E-state index contributed by atoms with van der Waals surface area (Å²) in [6.07, 6.45) is 1.54. The SMILES string of the molecule is Cc1cc(N(CCO)CCO)ccc1C=C(C#N)C#N. The highest BCUT2D eigenvalue weighted by Crippen LogP contribution is 2.20. The van der Waals surface area contributed by atoms with Gasteiger partial charge >= 0.3 is 0 Å². The standard InChI is InChI=1S/C15H17N3O2/c1-12-8-15(18(4-6-19)5-7-20)3-2-14(12)9-13(10-16)11-17/h2-3,8-9,19-20H,4-7H2,1H3. The topological polar surface area (TPSA) is 91.3 Å². The van der Waals surface area contributed by atoms with Gasteiger partial charge in [0.2, 0.25) is 0 Å². The van der Waals surface area contributed by atoms with Gasteiger partial charge in [0, 0.05) is 18.8 Å². The number of aliphatic hydroxyl groups excluding tert-OH is 2. The summed E-state index contributed by atoms with van der Waals surface area (Å²) in [7, 11) is 0. The van der Waals surface area contributed by atoms with Crippen molar-refractivity contribution in [3.63, 3.8) is 0 Å². The summed E-state index contributed by atoms with van der Waals surface area (Å²) < 4.78 is 0. The fourth-order valence-corrected chi connectivity index (χ4v) is 1.87. The van der Waals surface area contributed by atoms with E-state index in [4.69, 9.17) is 20.7 Å². The highest BCUT2D eigenvalue weighted by atomic mass is 16.3. The zero-order valence-corrected chi connectivity index (χ0v) is 11.4. The molecular weight excluding hydrogens is 254 g/mol. The lowest BCUT2D eigenvalue weighted by atomic mass is 10.0. The zero-order valence-electron chi connectivity index (χ0n) is 11.4. The van der Waals surface area contributed by atoms with Gasteiger partial charge in [-0.15, -0.1) is 0 Å². The second-order valence-electron chi connectivity index (χ2n) is 4.26. The Balaban J connectivity index is 3.07. The zero-order chi connectivity index (χ0) is 15.0. The van der Waals surface area contributed by atoms with Crippen LogP contribution in [0.5, 0.6) is 0 Å². The van der Waals surface area contributed by atoms with E-state index in [1.807, 2.05) is 42.2 Å². The second kappa shape index (κ2) is 7.96. The summed E-state index contributed by atoms with van der Waals surface area (Å²) in [6.45, 7) is 2.78. The average molecular weight is 271 g/mol. The Morgan fingerprint density at radius 2 is 1.80 bits per heavy atom. The molecule has 0 aliphatic rings. The summed E-state index contributed by atoms with van der Waals surface area (Å²) in [6, 6.07) is 9.23. The molecule has 5 nitrogen and oxygen atoms in total. The second-order valence-corrected chi connectivity index (χ2v) is 4.26. The van der Waals surface area contributed by atoms with Crippen LogP contribution in [0.2, 0.25) is 0 Å². The molecular formula is C15H17N3O2. The van der Waals surface area contributed by atoms with Crippen molar-refractivity contribution in [2.24, 2.45) is 0 Å². The number of aryl methyl sites for hydroxylation is 1. The smallest absolute Gasteiger partial charge is 0.130 e. The Morgan fingerprint density at radius 1 is 1.20 bits per heavy atom. The monoisotopic (exact) mass is 271 g/mol. The molecule has 104 valence electrons. The van der Waals surface area contributed by atoms with Crippen molar-refractivity contribution in [2.45, 2.75) is 6.92 Å². The van der Waals surface area contributed by atoms with Crippen LogP contribution in [0.4, 0.5) is 5.69 Å². The first-order valence-electron chi connectivity index (χ1n) is 6.25. The highest BCUT2D eigenvalue weighted by molar-refractivity contribution is 5.66. The third-order valence-corrected chi connectivity index (χ3v) is 2.90. The maximum atomic E-state index is 9.03. The molecule has 0 heterocycles. The van der Waals surface area contributed by atoms with E-state index in [1.165, 1.54) is 0 Å². The lowest BCUT2D eigenvalue weighted by Gasteiger charge is -2.23. The molecule has 0 unspecified atom stereocenters. The summed E-state index contributed by atoms with van der Waals surface area (Å²) in [4.78, 5) is 1.87. The predicted molar refractivity (Wildman–Crippen MR) is 76.8 cm³/mol. The minimum absolute atomic E-state index is 0.00765. The Bertz CT molecular complexity index is 545.